The summed E-state index contributed by atoms with van der Waals surface area (Å²) in [7, 11) is 3.13. The van der Waals surface area contributed by atoms with Crippen molar-refractivity contribution in [1.29, 1.82) is 0 Å². The van der Waals surface area contributed by atoms with Crippen molar-refractivity contribution < 1.29 is 14.3 Å². The molecule has 110 valence electrons. The van der Waals surface area contributed by atoms with E-state index in [0.717, 1.165) is 11.1 Å². The standard InChI is InChI=1S/C17H17ClO3/c1-4-14(19)12-7-5-11(6-8-12)13-9-10-15(20-2)16(18)17(13)21-3/h5-10H,4H2,1-3H3. The van der Waals surface area contributed by atoms with Gasteiger partial charge in [0, 0.05) is 17.5 Å². The monoisotopic (exact) mass is 304 g/mol. The van der Waals surface area contributed by atoms with E-state index in [-0.39, 0.29) is 5.78 Å². The molecular weight excluding hydrogens is 288 g/mol. The maximum atomic E-state index is 11.7. The summed E-state index contributed by atoms with van der Waals surface area (Å²) in [5.41, 5.74) is 2.50. The minimum Gasteiger partial charge on any atom is -0.495 e. The van der Waals surface area contributed by atoms with Gasteiger partial charge in [-0.3, -0.25) is 4.79 Å². The second kappa shape index (κ2) is 6.64. The van der Waals surface area contributed by atoms with Gasteiger partial charge in [-0.1, -0.05) is 42.8 Å². The second-order valence-corrected chi connectivity index (χ2v) is 4.89. The third-order valence-corrected chi connectivity index (χ3v) is 3.68. The maximum Gasteiger partial charge on any atom is 0.162 e. The van der Waals surface area contributed by atoms with Crippen molar-refractivity contribution in [3.8, 4) is 22.6 Å². The SMILES string of the molecule is CCC(=O)c1ccc(-c2ccc(OC)c(Cl)c2OC)cc1. The molecule has 0 amide bonds. The summed E-state index contributed by atoms with van der Waals surface area (Å²) in [6.45, 7) is 1.85. The largest absolute Gasteiger partial charge is 0.495 e. The van der Waals surface area contributed by atoms with E-state index in [1.807, 2.05) is 37.3 Å². The molecule has 2 aromatic rings. The lowest BCUT2D eigenvalue weighted by molar-refractivity contribution is 0.0988. The minimum absolute atomic E-state index is 0.126. The first-order valence-electron chi connectivity index (χ1n) is 6.66. The molecule has 0 saturated carbocycles. The fourth-order valence-electron chi connectivity index (χ4n) is 2.16. The lowest BCUT2D eigenvalue weighted by Crippen LogP contribution is -1.96. The topological polar surface area (TPSA) is 35.5 Å². The first kappa shape index (κ1) is 15.4. The fraction of sp³-hybridized carbons (Fsp3) is 0.235. The summed E-state index contributed by atoms with van der Waals surface area (Å²) < 4.78 is 10.6. The molecular formula is C17H17ClO3. The lowest BCUT2D eigenvalue weighted by Gasteiger charge is -2.13. The number of ketones is 1. The summed E-state index contributed by atoms with van der Waals surface area (Å²) in [5, 5.41) is 0.436. The van der Waals surface area contributed by atoms with Crippen LogP contribution in [0.3, 0.4) is 0 Å². The number of rotatable bonds is 5. The summed E-state index contributed by atoms with van der Waals surface area (Å²) in [6.07, 6.45) is 0.497. The number of methoxy groups -OCH3 is 2. The van der Waals surface area contributed by atoms with E-state index < -0.39 is 0 Å². The first-order chi connectivity index (χ1) is 10.1. The van der Waals surface area contributed by atoms with Gasteiger partial charge in [-0.25, -0.2) is 0 Å². The highest BCUT2D eigenvalue weighted by Gasteiger charge is 2.14. The van der Waals surface area contributed by atoms with Crippen LogP contribution in [0.5, 0.6) is 11.5 Å². The number of benzene rings is 2. The van der Waals surface area contributed by atoms with E-state index in [1.165, 1.54) is 0 Å². The number of hydrogen-bond donors (Lipinski definition) is 0. The van der Waals surface area contributed by atoms with Gasteiger partial charge in [-0.05, 0) is 17.7 Å². The average Bonchev–Trinajstić information content (AvgIpc) is 2.54. The predicted molar refractivity (Wildman–Crippen MR) is 84.6 cm³/mol. The van der Waals surface area contributed by atoms with Crippen molar-refractivity contribution in [3.63, 3.8) is 0 Å². The zero-order valence-corrected chi connectivity index (χ0v) is 13.0. The van der Waals surface area contributed by atoms with E-state index >= 15 is 0 Å². The van der Waals surface area contributed by atoms with Crippen molar-refractivity contribution in [3.05, 3.63) is 47.0 Å². The molecule has 0 N–H and O–H groups in total. The summed E-state index contributed by atoms with van der Waals surface area (Å²) in [6, 6.07) is 11.1. The predicted octanol–water partition coefficient (Wildman–Crippen LogP) is 4.62. The van der Waals surface area contributed by atoms with Gasteiger partial charge in [0.05, 0.1) is 14.2 Å². The molecule has 3 nitrogen and oxygen atoms in total. The van der Waals surface area contributed by atoms with Crippen LogP contribution in [0, 0.1) is 0 Å². The molecule has 0 fully saturated rings. The molecule has 4 heteroatoms. The third kappa shape index (κ3) is 3.03. The van der Waals surface area contributed by atoms with Gasteiger partial charge < -0.3 is 9.47 Å². The van der Waals surface area contributed by atoms with Crippen LogP contribution in [-0.4, -0.2) is 20.0 Å². The number of ether oxygens (including phenoxy) is 2. The summed E-state index contributed by atoms with van der Waals surface area (Å²) in [5.74, 6) is 1.25. The summed E-state index contributed by atoms with van der Waals surface area (Å²) >= 11 is 6.26. The molecule has 0 aliphatic heterocycles. The number of hydrogen-bond acceptors (Lipinski definition) is 3. The molecule has 2 rings (SSSR count). The van der Waals surface area contributed by atoms with Crippen LogP contribution >= 0.6 is 11.6 Å². The van der Waals surface area contributed by atoms with Gasteiger partial charge >= 0.3 is 0 Å². The van der Waals surface area contributed by atoms with Crippen LogP contribution in [0.4, 0.5) is 0 Å². The third-order valence-electron chi connectivity index (χ3n) is 3.32. The fourth-order valence-corrected chi connectivity index (χ4v) is 2.48. The van der Waals surface area contributed by atoms with Gasteiger partial charge in [-0.2, -0.15) is 0 Å². The van der Waals surface area contributed by atoms with Crippen LogP contribution in [-0.2, 0) is 0 Å². The minimum atomic E-state index is 0.126. The molecule has 0 atom stereocenters. The van der Waals surface area contributed by atoms with Gasteiger partial charge in [0.25, 0.3) is 0 Å². The van der Waals surface area contributed by atoms with Crippen LogP contribution in [0.1, 0.15) is 23.7 Å². The number of Topliss-reactive ketones (excluding diaryl/α,β-unsaturated/α-hetero) is 1. The zero-order chi connectivity index (χ0) is 15.4. The van der Waals surface area contributed by atoms with E-state index in [1.54, 1.807) is 20.3 Å². The van der Waals surface area contributed by atoms with Crippen LogP contribution in [0.2, 0.25) is 5.02 Å². The molecule has 0 spiro atoms. The molecule has 0 radical (unpaired) electrons. The highest BCUT2D eigenvalue weighted by molar-refractivity contribution is 6.34. The molecule has 0 heterocycles. The molecule has 21 heavy (non-hydrogen) atoms. The van der Waals surface area contributed by atoms with Gasteiger partial charge in [0.1, 0.15) is 16.5 Å². The molecule has 0 aliphatic rings. The normalized spacial score (nSPS) is 10.3. The van der Waals surface area contributed by atoms with Crippen molar-refractivity contribution in [2.75, 3.05) is 14.2 Å². The van der Waals surface area contributed by atoms with Gasteiger partial charge in [0.2, 0.25) is 0 Å². The molecule has 0 aliphatic carbocycles. The Morgan fingerprint density at radius 1 is 1.05 bits per heavy atom. The van der Waals surface area contributed by atoms with Crippen LogP contribution < -0.4 is 9.47 Å². The van der Waals surface area contributed by atoms with E-state index in [4.69, 9.17) is 21.1 Å². The average molecular weight is 305 g/mol. The Labute approximate surface area is 129 Å². The number of carbonyl (C=O) groups excluding carboxylic acids is 1. The Morgan fingerprint density at radius 2 is 1.71 bits per heavy atom. The molecule has 0 unspecified atom stereocenters. The Morgan fingerprint density at radius 3 is 2.24 bits per heavy atom. The van der Waals surface area contributed by atoms with E-state index in [9.17, 15) is 4.79 Å². The van der Waals surface area contributed by atoms with E-state index in [0.29, 0.717) is 28.5 Å². The Balaban J connectivity index is 2.47. The smallest absolute Gasteiger partial charge is 0.162 e. The Bertz CT molecular complexity index is 648. The van der Waals surface area contributed by atoms with Crippen molar-refractivity contribution in [2.24, 2.45) is 0 Å². The van der Waals surface area contributed by atoms with E-state index in [2.05, 4.69) is 0 Å². The first-order valence-corrected chi connectivity index (χ1v) is 7.04. The maximum absolute atomic E-state index is 11.7. The molecule has 2 aromatic carbocycles. The Hall–Kier alpha value is -2.00. The highest BCUT2D eigenvalue weighted by atomic mass is 35.5. The molecule has 0 bridgehead atoms. The van der Waals surface area contributed by atoms with Crippen molar-refractivity contribution >= 4 is 17.4 Å². The quantitative estimate of drug-likeness (QED) is 0.756. The summed E-state index contributed by atoms with van der Waals surface area (Å²) in [4.78, 5) is 11.7. The lowest BCUT2D eigenvalue weighted by atomic mass is 10.0. The highest BCUT2D eigenvalue weighted by Crippen LogP contribution is 2.41. The Kier molecular flexibility index (Phi) is 4.86. The van der Waals surface area contributed by atoms with Crippen LogP contribution in [0.25, 0.3) is 11.1 Å². The second-order valence-electron chi connectivity index (χ2n) is 4.52. The molecule has 0 aromatic heterocycles. The van der Waals surface area contributed by atoms with Crippen molar-refractivity contribution in [1.82, 2.24) is 0 Å². The number of halogens is 1. The van der Waals surface area contributed by atoms with Crippen molar-refractivity contribution in [2.45, 2.75) is 13.3 Å². The number of carbonyl (C=O) groups is 1. The van der Waals surface area contributed by atoms with Gasteiger partial charge in [-0.15, -0.1) is 0 Å². The van der Waals surface area contributed by atoms with Gasteiger partial charge in [0.15, 0.2) is 5.78 Å². The van der Waals surface area contributed by atoms with Crippen LogP contribution in [0.15, 0.2) is 36.4 Å². The zero-order valence-electron chi connectivity index (χ0n) is 12.3. The molecule has 0 saturated heterocycles.